The molecule has 2 N–H and O–H groups in total. The molecule has 1 rings (SSSR count). The molecule has 1 atom stereocenters. The molecule has 0 amide bonds. The molecule has 0 saturated heterocycles. The minimum atomic E-state index is -0.920. The number of hydrogen-bond acceptors (Lipinski definition) is 2. The minimum Gasteiger partial charge on any atom is -0.394 e. The average molecular weight is 266 g/mol. The summed E-state index contributed by atoms with van der Waals surface area (Å²) >= 11 is 3.11. The summed E-state index contributed by atoms with van der Waals surface area (Å²) in [5.74, 6) is -1.83. The number of nitrogens with one attached hydrogen (secondary N) is 1. The summed E-state index contributed by atoms with van der Waals surface area (Å²) < 4.78 is 26.1. The van der Waals surface area contributed by atoms with Crippen LogP contribution in [0.2, 0.25) is 0 Å². The zero-order chi connectivity index (χ0) is 10.7. The van der Waals surface area contributed by atoms with Crippen LogP contribution >= 0.6 is 15.9 Å². The highest BCUT2D eigenvalue weighted by Gasteiger charge is 2.14. The van der Waals surface area contributed by atoms with E-state index < -0.39 is 17.7 Å². The molecule has 78 valence electrons. The van der Waals surface area contributed by atoms with Gasteiger partial charge in [-0.15, -0.1) is 0 Å². The molecule has 5 heteroatoms. The summed E-state index contributed by atoms with van der Waals surface area (Å²) in [7, 11) is 1.63. The third kappa shape index (κ3) is 2.29. The van der Waals surface area contributed by atoms with Gasteiger partial charge < -0.3 is 10.4 Å². The summed E-state index contributed by atoms with van der Waals surface area (Å²) in [4.78, 5) is 0. The Morgan fingerprint density at radius 1 is 1.43 bits per heavy atom. The lowest BCUT2D eigenvalue weighted by Gasteiger charge is -2.15. The number of halogens is 3. The molecule has 0 radical (unpaired) electrons. The Labute approximate surface area is 89.1 Å². The molecule has 1 aromatic carbocycles. The molecule has 1 aromatic rings. The summed E-state index contributed by atoms with van der Waals surface area (Å²) in [5, 5.41) is 11.8. The predicted octanol–water partition coefficient (Wildman–Crippen LogP) is 1.98. The maximum atomic E-state index is 12.9. The molecule has 0 saturated carbocycles. The quantitative estimate of drug-likeness (QED) is 0.820. The smallest absolute Gasteiger partial charge is 0.159 e. The molecular formula is C9H10BrF2NO. The van der Waals surface area contributed by atoms with E-state index >= 15 is 0 Å². The van der Waals surface area contributed by atoms with Crippen molar-refractivity contribution in [2.45, 2.75) is 6.04 Å². The molecule has 0 fully saturated rings. The van der Waals surface area contributed by atoms with Gasteiger partial charge in [-0.2, -0.15) is 0 Å². The molecule has 0 unspecified atom stereocenters. The second-order valence-corrected chi connectivity index (χ2v) is 3.67. The summed E-state index contributed by atoms with van der Waals surface area (Å²) in [6.07, 6.45) is 0. The van der Waals surface area contributed by atoms with Gasteiger partial charge in [-0.25, -0.2) is 8.78 Å². The van der Waals surface area contributed by atoms with Crippen molar-refractivity contribution in [2.24, 2.45) is 0 Å². The number of benzene rings is 1. The monoisotopic (exact) mass is 265 g/mol. The van der Waals surface area contributed by atoms with E-state index in [0.717, 1.165) is 12.1 Å². The van der Waals surface area contributed by atoms with Gasteiger partial charge in [-0.3, -0.25) is 0 Å². The van der Waals surface area contributed by atoms with E-state index in [9.17, 15) is 8.78 Å². The summed E-state index contributed by atoms with van der Waals surface area (Å²) in [6.45, 7) is -0.180. The van der Waals surface area contributed by atoms with Gasteiger partial charge in [0.25, 0.3) is 0 Å². The predicted molar refractivity (Wildman–Crippen MR) is 52.9 cm³/mol. The van der Waals surface area contributed by atoms with Gasteiger partial charge in [0.15, 0.2) is 11.6 Å². The second kappa shape index (κ2) is 4.82. The van der Waals surface area contributed by atoms with Gasteiger partial charge in [0.1, 0.15) is 0 Å². The molecule has 2 nitrogen and oxygen atoms in total. The van der Waals surface area contributed by atoms with Gasteiger partial charge in [-0.1, -0.05) is 15.9 Å². The topological polar surface area (TPSA) is 32.3 Å². The van der Waals surface area contributed by atoms with Crippen LogP contribution < -0.4 is 5.32 Å². The Kier molecular flexibility index (Phi) is 3.97. The van der Waals surface area contributed by atoms with Crippen molar-refractivity contribution in [1.82, 2.24) is 5.32 Å². The molecule has 0 aliphatic rings. The van der Waals surface area contributed by atoms with Crippen molar-refractivity contribution >= 4 is 15.9 Å². The van der Waals surface area contributed by atoms with E-state index in [2.05, 4.69) is 21.2 Å². The molecule has 0 heterocycles. The normalized spacial score (nSPS) is 12.9. The zero-order valence-corrected chi connectivity index (χ0v) is 9.11. The molecule has 0 spiro atoms. The summed E-state index contributed by atoms with van der Waals surface area (Å²) in [6, 6.07) is 1.71. The Hall–Kier alpha value is -0.520. The highest BCUT2D eigenvalue weighted by molar-refractivity contribution is 9.10. The van der Waals surface area contributed by atoms with E-state index in [1.165, 1.54) is 0 Å². The largest absolute Gasteiger partial charge is 0.394 e. The first-order valence-corrected chi connectivity index (χ1v) is 4.82. The Bertz CT molecular complexity index is 329. The standard InChI is InChI=1S/C9H10BrF2NO/c1-13-9(4-14)5-2-7(11)8(12)3-6(5)10/h2-3,9,13-14H,4H2,1H3/t9-/m1/s1. The first-order valence-electron chi connectivity index (χ1n) is 4.02. The van der Waals surface area contributed by atoms with Crippen LogP contribution in [-0.2, 0) is 0 Å². The van der Waals surface area contributed by atoms with Crippen molar-refractivity contribution in [1.29, 1.82) is 0 Å². The second-order valence-electron chi connectivity index (χ2n) is 2.81. The number of rotatable bonds is 3. The fourth-order valence-corrected chi connectivity index (χ4v) is 1.74. The maximum Gasteiger partial charge on any atom is 0.159 e. The Morgan fingerprint density at radius 2 is 2.00 bits per heavy atom. The van der Waals surface area contributed by atoms with Crippen molar-refractivity contribution in [3.05, 3.63) is 33.8 Å². The number of aliphatic hydroxyl groups is 1. The van der Waals surface area contributed by atoms with Crippen LogP contribution in [0.15, 0.2) is 16.6 Å². The fraction of sp³-hybridized carbons (Fsp3) is 0.333. The first-order chi connectivity index (χ1) is 6.60. The van der Waals surface area contributed by atoms with Crippen LogP contribution in [0.5, 0.6) is 0 Å². The SMILES string of the molecule is CN[C@H](CO)c1cc(F)c(F)cc1Br. The molecule has 0 aliphatic heterocycles. The van der Waals surface area contributed by atoms with Crippen molar-refractivity contribution in [2.75, 3.05) is 13.7 Å². The zero-order valence-electron chi connectivity index (χ0n) is 7.52. The number of aliphatic hydroxyl groups excluding tert-OH is 1. The van der Waals surface area contributed by atoms with Gasteiger partial charge >= 0.3 is 0 Å². The van der Waals surface area contributed by atoms with Crippen LogP contribution in [-0.4, -0.2) is 18.8 Å². The fourth-order valence-electron chi connectivity index (χ4n) is 1.15. The van der Waals surface area contributed by atoms with Crippen molar-refractivity contribution in [3.63, 3.8) is 0 Å². The van der Waals surface area contributed by atoms with Gasteiger partial charge in [0, 0.05) is 4.47 Å². The Morgan fingerprint density at radius 3 is 2.50 bits per heavy atom. The van der Waals surface area contributed by atoms with E-state index in [0.29, 0.717) is 10.0 Å². The first kappa shape index (κ1) is 11.6. The van der Waals surface area contributed by atoms with Gasteiger partial charge in [0.05, 0.1) is 12.6 Å². The third-order valence-corrected chi connectivity index (χ3v) is 2.63. The molecule has 14 heavy (non-hydrogen) atoms. The van der Waals surface area contributed by atoms with Crippen LogP contribution in [0.4, 0.5) is 8.78 Å². The highest BCUT2D eigenvalue weighted by atomic mass is 79.9. The van der Waals surface area contributed by atoms with Crippen molar-refractivity contribution < 1.29 is 13.9 Å². The summed E-state index contributed by atoms with van der Waals surface area (Å²) in [5.41, 5.74) is 0.494. The van der Waals surface area contributed by atoms with E-state index in [4.69, 9.17) is 5.11 Å². The van der Waals surface area contributed by atoms with E-state index in [1.54, 1.807) is 7.05 Å². The number of likely N-dealkylation sites (N-methyl/N-ethyl adjacent to an activating group) is 1. The minimum absolute atomic E-state index is 0.180. The lowest BCUT2D eigenvalue weighted by molar-refractivity contribution is 0.250. The number of hydrogen-bond donors (Lipinski definition) is 2. The third-order valence-electron chi connectivity index (χ3n) is 1.95. The highest BCUT2D eigenvalue weighted by Crippen LogP contribution is 2.25. The molecule has 0 aromatic heterocycles. The van der Waals surface area contributed by atoms with Crippen LogP contribution in [0, 0.1) is 11.6 Å². The van der Waals surface area contributed by atoms with Gasteiger partial charge in [-0.05, 0) is 24.7 Å². The lowest BCUT2D eigenvalue weighted by atomic mass is 10.1. The maximum absolute atomic E-state index is 12.9. The average Bonchev–Trinajstić information content (AvgIpc) is 2.15. The van der Waals surface area contributed by atoms with Gasteiger partial charge in [0.2, 0.25) is 0 Å². The molecular weight excluding hydrogens is 256 g/mol. The van der Waals surface area contributed by atoms with Crippen LogP contribution in [0.1, 0.15) is 11.6 Å². The Balaban J connectivity index is 3.14. The van der Waals surface area contributed by atoms with Crippen molar-refractivity contribution in [3.8, 4) is 0 Å². The molecule has 0 aliphatic carbocycles. The van der Waals surface area contributed by atoms with E-state index in [-0.39, 0.29) is 6.61 Å². The van der Waals surface area contributed by atoms with E-state index in [1.807, 2.05) is 0 Å². The van der Waals surface area contributed by atoms with Crippen LogP contribution in [0.3, 0.4) is 0 Å². The molecule has 0 bridgehead atoms. The lowest BCUT2D eigenvalue weighted by Crippen LogP contribution is -2.20. The van der Waals surface area contributed by atoms with Crippen LogP contribution in [0.25, 0.3) is 0 Å².